The average Bonchev–Trinajstić information content (AvgIpc) is 3.13. The number of rotatable bonds is 7. The van der Waals surface area contributed by atoms with Gasteiger partial charge in [0.15, 0.2) is 0 Å². The fourth-order valence-corrected chi connectivity index (χ4v) is 2.97. The minimum atomic E-state index is 0.183. The van der Waals surface area contributed by atoms with Crippen molar-refractivity contribution in [3.05, 3.63) is 53.6 Å². The van der Waals surface area contributed by atoms with Crippen LogP contribution in [0.1, 0.15) is 37.3 Å². The van der Waals surface area contributed by atoms with Crippen molar-refractivity contribution in [2.75, 3.05) is 19.7 Å². The molecule has 0 saturated carbocycles. The topological polar surface area (TPSA) is 45.1 Å². The average molecular weight is 338 g/mol. The Morgan fingerprint density at radius 1 is 1.12 bits per heavy atom. The lowest BCUT2D eigenvalue weighted by atomic mass is 10.2. The summed E-state index contributed by atoms with van der Waals surface area (Å²) < 4.78 is 5.51. The molecule has 0 spiro atoms. The van der Waals surface area contributed by atoms with Gasteiger partial charge in [-0.15, -0.1) is 0 Å². The molecule has 1 aliphatic heterocycles. The molecule has 0 atom stereocenters. The SMILES string of the molecule is CCCOc1ccc(C=Nc2ccc(CN3CCCC3)cc2)c(O)c1. The summed E-state index contributed by atoms with van der Waals surface area (Å²) in [5, 5.41) is 10.1. The molecule has 1 N–H and O–H groups in total. The minimum absolute atomic E-state index is 0.183. The highest BCUT2D eigenvalue weighted by molar-refractivity contribution is 5.85. The third-order valence-corrected chi connectivity index (χ3v) is 4.37. The van der Waals surface area contributed by atoms with Crippen molar-refractivity contribution in [3.8, 4) is 11.5 Å². The van der Waals surface area contributed by atoms with Crippen molar-refractivity contribution in [1.29, 1.82) is 0 Å². The van der Waals surface area contributed by atoms with Crippen molar-refractivity contribution in [2.24, 2.45) is 4.99 Å². The van der Waals surface area contributed by atoms with E-state index in [9.17, 15) is 5.11 Å². The van der Waals surface area contributed by atoms with E-state index in [0.29, 0.717) is 17.9 Å². The Morgan fingerprint density at radius 2 is 1.88 bits per heavy atom. The molecule has 3 rings (SSSR count). The van der Waals surface area contributed by atoms with Gasteiger partial charge in [0.1, 0.15) is 11.5 Å². The highest BCUT2D eigenvalue weighted by Gasteiger charge is 2.11. The van der Waals surface area contributed by atoms with E-state index in [2.05, 4.69) is 28.9 Å². The Bertz CT molecular complexity index is 704. The van der Waals surface area contributed by atoms with Crippen LogP contribution in [0, 0.1) is 0 Å². The monoisotopic (exact) mass is 338 g/mol. The third kappa shape index (κ3) is 5.07. The number of hydrogen-bond donors (Lipinski definition) is 1. The third-order valence-electron chi connectivity index (χ3n) is 4.37. The zero-order chi connectivity index (χ0) is 17.5. The predicted molar refractivity (Wildman–Crippen MR) is 102 cm³/mol. The summed E-state index contributed by atoms with van der Waals surface area (Å²) in [6.45, 7) is 6.13. The van der Waals surface area contributed by atoms with Gasteiger partial charge in [-0.1, -0.05) is 19.1 Å². The lowest BCUT2D eigenvalue weighted by Crippen LogP contribution is -2.18. The molecule has 1 saturated heterocycles. The lowest BCUT2D eigenvalue weighted by Gasteiger charge is -2.14. The second-order valence-corrected chi connectivity index (χ2v) is 6.48. The largest absolute Gasteiger partial charge is 0.507 e. The standard InChI is InChI=1S/C21H26N2O2/c1-2-13-25-20-10-7-18(21(24)14-20)15-22-19-8-5-17(6-9-19)16-23-11-3-4-12-23/h5-10,14-15,24H,2-4,11-13,16H2,1H3. The van der Waals surface area contributed by atoms with Crippen LogP contribution in [0.25, 0.3) is 0 Å². The number of hydrogen-bond acceptors (Lipinski definition) is 4. The fourth-order valence-electron chi connectivity index (χ4n) is 2.97. The quantitative estimate of drug-likeness (QED) is 0.755. The van der Waals surface area contributed by atoms with Gasteiger partial charge < -0.3 is 9.84 Å². The highest BCUT2D eigenvalue weighted by Crippen LogP contribution is 2.23. The molecule has 0 bridgehead atoms. The van der Waals surface area contributed by atoms with E-state index in [4.69, 9.17) is 4.74 Å². The van der Waals surface area contributed by atoms with Crippen molar-refractivity contribution in [2.45, 2.75) is 32.7 Å². The van der Waals surface area contributed by atoms with E-state index in [-0.39, 0.29) is 5.75 Å². The Hall–Kier alpha value is -2.33. The van der Waals surface area contributed by atoms with Crippen LogP contribution >= 0.6 is 0 Å². The van der Waals surface area contributed by atoms with E-state index in [1.165, 1.54) is 31.5 Å². The van der Waals surface area contributed by atoms with Gasteiger partial charge in [0.2, 0.25) is 0 Å². The lowest BCUT2D eigenvalue weighted by molar-refractivity contribution is 0.315. The molecule has 132 valence electrons. The molecule has 2 aromatic rings. The molecule has 1 heterocycles. The van der Waals surface area contributed by atoms with Crippen LogP contribution in [0.15, 0.2) is 47.5 Å². The normalized spacial score (nSPS) is 15.1. The van der Waals surface area contributed by atoms with Crippen LogP contribution in [0.5, 0.6) is 11.5 Å². The first kappa shape index (κ1) is 17.5. The van der Waals surface area contributed by atoms with Crippen LogP contribution in [0.3, 0.4) is 0 Å². The summed E-state index contributed by atoms with van der Waals surface area (Å²) in [4.78, 5) is 6.95. The minimum Gasteiger partial charge on any atom is -0.507 e. The number of phenolic OH excluding ortho intramolecular Hbond substituents is 1. The Balaban J connectivity index is 1.61. The highest BCUT2D eigenvalue weighted by atomic mass is 16.5. The molecule has 1 fully saturated rings. The molecule has 25 heavy (non-hydrogen) atoms. The number of phenols is 1. The van der Waals surface area contributed by atoms with Crippen LogP contribution < -0.4 is 4.74 Å². The van der Waals surface area contributed by atoms with Crippen LogP contribution in [-0.2, 0) is 6.54 Å². The zero-order valence-electron chi connectivity index (χ0n) is 14.8. The molecule has 0 aliphatic carbocycles. The molecular weight excluding hydrogens is 312 g/mol. The second kappa shape index (κ2) is 8.67. The van der Waals surface area contributed by atoms with Gasteiger partial charge in [-0.2, -0.15) is 0 Å². The van der Waals surface area contributed by atoms with E-state index in [0.717, 1.165) is 18.7 Å². The van der Waals surface area contributed by atoms with Gasteiger partial charge >= 0.3 is 0 Å². The molecule has 4 heteroatoms. The van der Waals surface area contributed by atoms with Crippen LogP contribution in [-0.4, -0.2) is 35.9 Å². The molecule has 1 aliphatic rings. The zero-order valence-corrected chi connectivity index (χ0v) is 14.8. The van der Waals surface area contributed by atoms with Gasteiger partial charge in [-0.05, 0) is 62.2 Å². The molecule has 0 radical (unpaired) electrons. The first-order valence-electron chi connectivity index (χ1n) is 9.06. The number of aliphatic imine (C=N–C) groups is 1. The summed E-state index contributed by atoms with van der Waals surface area (Å²) in [5.74, 6) is 0.866. The van der Waals surface area contributed by atoms with Gasteiger partial charge in [0.05, 0.1) is 12.3 Å². The summed E-state index contributed by atoms with van der Waals surface area (Å²) in [5.41, 5.74) is 2.89. The van der Waals surface area contributed by atoms with E-state index in [1.54, 1.807) is 12.3 Å². The number of nitrogens with zero attached hydrogens (tertiary/aromatic N) is 2. The Morgan fingerprint density at radius 3 is 2.56 bits per heavy atom. The number of likely N-dealkylation sites (tertiary alicyclic amines) is 1. The van der Waals surface area contributed by atoms with Gasteiger partial charge in [-0.3, -0.25) is 9.89 Å². The number of aromatic hydroxyl groups is 1. The number of ether oxygens (including phenoxy) is 1. The summed E-state index contributed by atoms with van der Waals surface area (Å²) in [7, 11) is 0. The number of benzene rings is 2. The predicted octanol–water partition coefficient (Wildman–Crippen LogP) is 4.53. The molecule has 4 nitrogen and oxygen atoms in total. The van der Waals surface area contributed by atoms with Crippen LogP contribution in [0.4, 0.5) is 5.69 Å². The summed E-state index contributed by atoms with van der Waals surface area (Å²) >= 11 is 0. The van der Waals surface area contributed by atoms with Gasteiger partial charge in [0.25, 0.3) is 0 Å². The van der Waals surface area contributed by atoms with Crippen molar-refractivity contribution >= 4 is 11.9 Å². The van der Waals surface area contributed by atoms with E-state index < -0.39 is 0 Å². The maximum atomic E-state index is 10.1. The second-order valence-electron chi connectivity index (χ2n) is 6.48. The maximum absolute atomic E-state index is 10.1. The van der Waals surface area contributed by atoms with Crippen molar-refractivity contribution < 1.29 is 9.84 Å². The summed E-state index contributed by atoms with van der Waals surface area (Å²) in [6, 6.07) is 13.6. The smallest absolute Gasteiger partial charge is 0.128 e. The van der Waals surface area contributed by atoms with Crippen molar-refractivity contribution in [1.82, 2.24) is 4.90 Å². The summed E-state index contributed by atoms with van der Waals surface area (Å²) in [6.07, 6.45) is 5.26. The molecule has 0 aromatic heterocycles. The van der Waals surface area contributed by atoms with E-state index >= 15 is 0 Å². The molecule has 0 amide bonds. The Labute approximate surface area is 149 Å². The van der Waals surface area contributed by atoms with E-state index in [1.807, 2.05) is 24.3 Å². The van der Waals surface area contributed by atoms with Gasteiger partial charge in [0, 0.05) is 24.4 Å². The van der Waals surface area contributed by atoms with Gasteiger partial charge in [-0.25, -0.2) is 0 Å². The molecule has 2 aromatic carbocycles. The first-order valence-corrected chi connectivity index (χ1v) is 9.06. The molecular formula is C21H26N2O2. The Kier molecular flexibility index (Phi) is 6.07. The fraction of sp³-hybridized carbons (Fsp3) is 0.381. The van der Waals surface area contributed by atoms with Crippen molar-refractivity contribution in [3.63, 3.8) is 0 Å². The van der Waals surface area contributed by atoms with Crippen LogP contribution in [0.2, 0.25) is 0 Å². The molecule has 0 unspecified atom stereocenters. The first-order chi connectivity index (χ1) is 12.2. The maximum Gasteiger partial charge on any atom is 0.128 e.